The van der Waals surface area contributed by atoms with E-state index in [1.807, 2.05) is 0 Å². The summed E-state index contributed by atoms with van der Waals surface area (Å²) in [7, 11) is 0. The first-order chi connectivity index (χ1) is 6.36. The van der Waals surface area contributed by atoms with E-state index < -0.39 is 0 Å². The fourth-order valence-electron chi connectivity index (χ4n) is 1.57. The van der Waals surface area contributed by atoms with Crippen molar-refractivity contribution in [1.29, 1.82) is 0 Å². The number of anilines is 1. The average Bonchev–Trinajstić information content (AvgIpc) is 2.58. The first-order valence-corrected chi connectivity index (χ1v) is 6.09. The Morgan fingerprint density at radius 1 is 1.31 bits per heavy atom. The van der Waals surface area contributed by atoms with Crippen molar-refractivity contribution in [3.8, 4) is 0 Å². The fraction of sp³-hybridized carbons (Fsp3) is 0.636. The Balaban J connectivity index is 2.37. The van der Waals surface area contributed by atoms with Gasteiger partial charge in [-0.2, -0.15) is 11.3 Å². The molecule has 1 nitrogen and oxygen atoms in total. The highest BCUT2D eigenvalue weighted by molar-refractivity contribution is 7.08. The topological polar surface area (TPSA) is 12.0 Å². The van der Waals surface area contributed by atoms with Gasteiger partial charge in [0.05, 0.1) is 0 Å². The van der Waals surface area contributed by atoms with Crippen LogP contribution in [0.25, 0.3) is 0 Å². The normalized spacial score (nSPS) is 10.7. The summed E-state index contributed by atoms with van der Waals surface area (Å²) < 4.78 is 0. The van der Waals surface area contributed by atoms with Crippen molar-refractivity contribution in [1.82, 2.24) is 0 Å². The molecular formula is C11H19NS. The summed E-state index contributed by atoms with van der Waals surface area (Å²) in [5.74, 6) is 0. The van der Waals surface area contributed by atoms with Crippen molar-refractivity contribution in [3.63, 3.8) is 0 Å². The summed E-state index contributed by atoms with van der Waals surface area (Å²) in [4.78, 5) is 0. The van der Waals surface area contributed by atoms with Gasteiger partial charge in [0.15, 0.2) is 0 Å². The number of hydrogen-bond acceptors (Lipinski definition) is 2. The second-order valence-electron chi connectivity index (χ2n) is 3.43. The summed E-state index contributed by atoms with van der Waals surface area (Å²) in [5.41, 5.74) is 1.29. The summed E-state index contributed by atoms with van der Waals surface area (Å²) in [5, 5.41) is 7.87. The highest BCUT2D eigenvalue weighted by atomic mass is 32.1. The van der Waals surface area contributed by atoms with E-state index in [9.17, 15) is 0 Å². The van der Waals surface area contributed by atoms with E-state index in [4.69, 9.17) is 0 Å². The Labute approximate surface area is 85.2 Å². The van der Waals surface area contributed by atoms with E-state index in [1.165, 1.54) is 31.4 Å². The van der Waals surface area contributed by atoms with Crippen molar-refractivity contribution in [2.24, 2.45) is 0 Å². The monoisotopic (exact) mass is 197 g/mol. The minimum atomic E-state index is 0.671. The molecule has 74 valence electrons. The van der Waals surface area contributed by atoms with E-state index in [-0.39, 0.29) is 0 Å². The molecule has 0 saturated heterocycles. The van der Waals surface area contributed by atoms with E-state index in [0.717, 1.165) is 0 Å². The number of thiophene rings is 1. The quantitative estimate of drug-likeness (QED) is 0.723. The maximum atomic E-state index is 3.57. The van der Waals surface area contributed by atoms with Gasteiger partial charge in [0.2, 0.25) is 0 Å². The van der Waals surface area contributed by atoms with Crippen molar-refractivity contribution >= 4 is 17.0 Å². The molecule has 1 aromatic heterocycles. The van der Waals surface area contributed by atoms with Crippen LogP contribution >= 0.6 is 11.3 Å². The van der Waals surface area contributed by atoms with Gasteiger partial charge in [0.1, 0.15) is 0 Å². The van der Waals surface area contributed by atoms with Crippen LogP contribution in [0.2, 0.25) is 0 Å². The van der Waals surface area contributed by atoms with Crippen LogP contribution < -0.4 is 5.32 Å². The summed E-state index contributed by atoms with van der Waals surface area (Å²) in [6.07, 6.45) is 5.09. The van der Waals surface area contributed by atoms with Crippen LogP contribution in [0.5, 0.6) is 0 Å². The molecule has 0 atom stereocenters. The highest BCUT2D eigenvalue weighted by Crippen LogP contribution is 2.16. The van der Waals surface area contributed by atoms with Crippen LogP contribution in [-0.2, 0) is 0 Å². The second-order valence-corrected chi connectivity index (χ2v) is 4.21. The first kappa shape index (κ1) is 10.6. The van der Waals surface area contributed by atoms with Crippen molar-refractivity contribution < 1.29 is 0 Å². The molecule has 0 aliphatic heterocycles. The molecule has 0 spiro atoms. The molecule has 0 radical (unpaired) electrons. The molecule has 0 aliphatic carbocycles. The molecule has 0 aliphatic rings. The van der Waals surface area contributed by atoms with Crippen molar-refractivity contribution in [3.05, 3.63) is 16.8 Å². The van der Waals surface area contributed by atoms with Gasteiger partial charge >= 0.3 is 0 Å². The zero-order valence-corrected chi connectivity index (χ0v) is 9.36. The van der Waals surface area contributed by atoms with Gasteiger partial charge in [-0.15, -0.1) is 0 Å². The molecule has 13 heavy (non-hydrogen) atoms. The average molecular weight is 197 g/mol. The predicted molar refractivity (Wildman–Crippen MR) is 61.5 cm³/mol. The molecule has 1 aromatic rings. The Bertz CT molecular complexity index is 200. The molecule has 1 rings (SSSR count). The smallest absolute Gasteiger partial charge is 0.0450 e. The number of hydrogen-bond donors (Lipinski definition) is 1. The summed E-state index contributed by atoms with van der Waals surface area (Å²) >= 11 is 1.76. The van der Waals surface area contributed by atoms with Gasteiger partial charge in [-0.25, -0.2) is 0 Å². The minimum absolute atomic E-state index is 0.671. The molecule has 0 unspecified atom stereocenters. The van der Waals surface area contributed by atoms with E-state index in [1.54, 1.807) is 11.3 Å². The van der Waals surface area contributed by atoms with E-state index in [0.29, 0.717) is 6.04 Å². The Morgan fingerprint density at radius 3 is 2.46 bits per heavy atom. The molecular weight excluding hydrogens is 178 g/mol. The maximum Gasteiger partial charge on any atom is 0.0450 e. The lowest BCUT2D eigenvalue weighted by Gasteiger charge is -2.17. The van der Waals surface area contributed by atoms with Crippen LogP contribution in [0, 0.1) is 0 Å². The van der Waals surface area contributed by atoms with Crippen LogP contribution in [-0.4, -0.2) is 6.04 Å². The van der Waals surface area contributed by atoms with Gasteiger partial charge in [-0.05, 0) is 24.3 Å². The molecule has 0 aromatic carbocycles. The van der Waals surface area contributed by atoms with Crippen LogP contribution in [0.1, 0.15) is 39.5 Å². The first-order valence-electron chi connectivity index (χ1n) is 5.15. The van der Waals surface area contributed by atoms with Gasteiger partial charge in [-0.1, -0.05) is 26.7 Å². The van der Waals surface area contributed by atoms with E-state index >= 15 is 0 Å². The highest BCUT2D eigenvalue weighted by Gasteiger charge is 2.05. The molecule has 0 fully saturated rings. The third-order valence-electron chi connectivity index (χ3n) is 2.17. The van der Waals surface area contributed by atoms with E-state index in [2.05, 4.69) is 36.0 Å². The maximum absolute atomic E-state index is 3.57. The standard InChI is InChI=1S/C11H19NS/c1-3-5-10(6-4-2)12-11-7-8-13-9-11/h7-10,12H,3-6H2,1-2H3. The van der Waals surface area contributed by atoms with Crippen LogP contribution in [0.15, 0.2) is 16.8 Å². The summed E-state index contributed by atoms with van der Waals surface area (Å²) in [6, 6.07) is 2.83. The zero-order chi connectivity index (χ0) is 9.52. The lowest BCUT2D eigenvalue weighted by Crippen LogP contribution is -2.18. The molecule has 2 heteroatoms. The molecule has 0 saturated carbocycles. The number of nitrogens with one attached hydrogen (secondary N) is 1. The van der Waals surface area contributed by atoms with Crippen LogP contribution in [0.3, 0.4) is 0 Å². The molecule has 1 heterocycles. The zero-order valence-electron chi connectivity index (χ0n) is 8.55. The van der Waals surface area contributed by atoms with Gasteiger partial charge in [0, 0.05) is 17.1 Å². The Kier molecular flexibility index (Phi) is 4.91. The van der Waals surface area contributed by atoms with Gasteiger partial charge < -0.3 is 5.32 Å². The molecule has 1 N–H and O–H groups in total. The Hall–Kier alpha value is -0.500. The fourth-order valence-corrected chi connectivity index (χ4v) is 2.16. The lowest BCUT2D eigenvalue weighted by atomic mass is 10.1. The molecule has 0 bridgehead atoms. The third kappa shape index (κ3) is 3.81. The second kappa shape index (κ2) is 6.03. The SMILES string of the molecule is CCCC(CCC)Nc1ccsc1. The third-order valence-corrected chi connectivity index (χ3v) is 2.85. The number of rotatable bonds is 6. The predicted octanol–water partition coefficient (Wildman–Crippen LogP) is 4.13. The van der Waals surface area contributed by atoms with Crippen LogP contribution in [0.4, 0.5) is 5.69 Å². The largest absolute Gasteiger partial charge is 0.382 e. The summed E-state index contributed by atoms with van der Waals surface area (Å²) in [6.45, 7) is 4.50. The lowest BCUT2D eigenvalue weighted by molar-refractivity contribution is 0.586. The van der Waals surface area contributed by atoms with Gasteiger partial charge in [0.25, 0.3) is 0 Å². The Morgan fingerprint density at radius 2 is 2.00 bits per heavy atom. The molecule has 0 amide bonds. The minimum Gasteiger partial charge on any atom is -0.382 e. The van der Waals surface area contributed by atoms with Crippen molar-refractivity contribution in [2.75, 3.05) is 5.32 Å². The van der Waals surface area contributed by atoms with Gasteiger partial charge in [-0.3, -0.25) is 0 Å². The van der Waals surface area contributed by atoms with Crippen molar-refractivity contribution in [2.45, 2.75) is 45.6 Å².